The number of hydrogen-bond acceptors (Lipinski definition) is 5. The number of hydrogen-bond donors (Lipinski definition) is 2. The predicted octanol–water partition coefficient (Wildman–Crippen LogP) is 4.84. The molecule has 0 aliphatic heterocycles. The summed E-state index contributed by atoms with van der Waals surface area (Å²) in [5.74, 6) is 0.714. The molecule has 0 aliphatic rings. The lowest BCUT2D eigenvalue weighted by atomic mass is 10.0. The monoisotopic (exact) mass is 497 g/mol. The number of Topliss-reactive ketones (excluding diaryl/α,β-unsaturated/α-hetero) is 1. The van der Waals surface area contributed by atoms with E-state index in [2.05, 4.69) is 10.3 Å². The van der Waals surface area contributed by atoms with Crippen molar-refractivity contribution in [1.82, 2.24) is 14.9 Å². The number of imidazole rings is 1. The number of nitrogens with one attached hydrogen (secondary N) is 1. The summed E-state index contributed by atoms with van der Waals surface area (Å²) in [4.78, 5) is 29.3. The topological polar surface area (TPSA) is 93.4 Å². The molecule has 8 heteroatoms. The van der Waals surface area contributed by atoms with Gasteiger partial charge in [0, 0.05) is 43.4 Å². The average Bonchev–Trinajstić information content (AvgIpc) is 3.21. The maximum absolute atomic E-state index is 12.8. The molecule has 3 aromatic rings. The van der Waals surface area contributed by atoms with E-state index < -0.39 is 0 Å². The van der Waals surface area contributed by atoms with Crippen LogP contribution in [0.2, 0.25) is 5.02 Å². The zero-order valence-corrected chi connectivity index (χ0v) is 21.3. The number of nitrogens with zero attached hydrogens (tertiary/aromatic N) is 2. The smallest absolute Gasteiger partial charge is 0.251 e. The number of aromatic nitrogens is 2. The first-order valence-corrected chi connectivity index (χ1v) is 12.1. The number of aliphatic hydroxyl groups excluding tert-OH is 1. The van der Waals surface area contributed by atoms with Crippen molar-refractivity contribution in [2.24, 2.45) is 7.05 Å². The Balaban J connectivity index is 1.69. The fourth-order valence-corrected chi connectivity index (χ4v) is 3.99. The van der Waals surface area contributed by atoms with Crippen LogP contribution in [0.3, 0.4) is 0 Å². The van der Waals surface area contributed by atoms with E-state index in [0.29, 0.717) is 41.4 Å². The number of ketones is 1. The third-order valence-corrected chi connectivity index (χ3v) is 5.84. The van der Waals surface area contributed by atoms with Crippen LogP contribution in [0.25, 0.3) is 11.3 Å². The molecule has 0 radical (unpaired) electrons. The molecule has 0 unspecified atom stereocenters. The third-order valence-electron chi connectivity index (χ3n) is 5.55. The van der Waals surface area contributed by atoms with Gasteiger partial charge >= 0.3 is 0 Å². The molecule has 1 heterocycles. The lowest BCUT2D eigenvalue weighted by molar-refractivity contribution is 0.0928. The average molecular weight is 498 g/mol. The van der Waals surface area contributed by atoms with Crippen LogP contribution in [-0.4, -0.2) is 45.1 Å². The SMILES string of the molecule is CCC(=O)c1nc(-c2ccc(C[C@@H](CCO)NC(=O)c3ccc(OC(C)C)c(Cl)c3)cc2)cn1C. The first kappa shape index (κ1) is 26.4. The molecule has 7 nitrogen and oxygen atoms in total. The van der Waals surface area contributed by atoms with Gasteiger partial charge in [0.1, 0.15) is 5.75 Å². The summed E-state index contributed by atoms with van der Waals surface area (Å²) in [6.45, 7) is 5.58. The fraction of sp³-hybridized carbons (Fsp3) is 0.370. The molecule has 0 bridgehead atoms. The molecule has 35 heavy (non-hydrogen) atoms. The molecule has 0 fully saturated rings. The van der Waals surface area contributed by atoms with E-state index in [4.69, 9.17) is 16.3 Å². The van der Waals surface area contributed by atoms with Gasteiger partial charge in [0.25, 0.3) is 5.91 Å². The lowest BCUT2D eigenvalue weighted by Crippen LogP contribution is -2.37. The minimum absolute atomic E-state index is 0.00123. The number of rotatable bonds is 11. The van der Waals surface area contributed by atoms with Gasteiger partial charge in [0.15, 0.2) is 11.6 Å². The number of halogens is 1. The zero-order valence-electron chi connectivity index (χ0n) is 20.5. The Morgan fingerprint density at radius 1 is 1.17 bits per heavy atom. The zero-order chi connectivity index (χ0) is 25.5. The van der Waals surface area contributed by atoms with Crippen molar-refractivity contribution in [3.63, 3.8) is 0 Å². The van der Waals surface area contributed by atoms with Crippen LogP contribution in [0.4, 0.5) is 0 Å². The first-order valence-electron chi connectivity index (χ1n) is 11.8. The summed E-state index contributed by atoms with van der Waals surface area (Å²) in [6, 6.07) is 12.5. The Labute approximate surface area is 211 Å². The largest absolute Gasteiger partial charge is 0.489 e. The van der Waals surface area contributed by atoms with E-state index in [0.717, 1.165) is 16.8 Å². The first-order chi connectivity index (χ1) is 16.7. The number of benzene rings is 2. The van der Waals surface area contributed by atoms with Gasteiger partial charge in [-0.2, -0.15) is 0 Å². The highest BCUT2D eigenvalue weighted by atomic mass is 35.5. The van der Waals surface area contributed by atoms with Crippen molar-refractivity contribution in [2.45, 2.75) is 52.2 Å². The molecule has 1 amide bonds. The highest BCUT2D eigenvalue weighted by Crippen LogP contribution is 2.26. The van der Waals surface area contributed by atoms with Crippen LogP contribution >= 0.6 is 11.6 Å². The van der Waals surface area contributed by atoms with Crippen LogP contribution in [0, 0.1) is 0 Å². The Hall–Kier alpha value is -3.16. The second-order valence-electron chi connectivity index (χ2n) is 8.73. The van der Waals surface area contributed by atoms with E-state index in [9.17, 15) is 14.7 Å². The number of carbonyl (C=O) groups excluding carboxylic acids is 2. The summed E-state index contributed by atoms with van der Waals surface area (Å²) in [5, 5.41) is 12.9. The summed E-state index contributed by atoms with van der Waals surface area (Å²) in [6.07, 6.45) is 3.19. The van der Waals surface area contributed by atoms with Crippen LogP contribution in [-0.2, 0) is 13.5 Å². The standard InChI is InChI=1S/C27H32ClN3O4/c1-5-24(33)26-30-23(16-31(26)4)19-8-6-18(7-9-19)14-21(12-13-32)29-27(34)20-10-11-25(22(28)15-20)35-17(2)3/h6-11,15-17,21,32H,5,12-14H2,1-4H3,(H,29,34)/t21-/m1/s1. The quantitative estimate of drug-likeness (QED) is 0.369. The summed E-state index contributed by atoms with van der Waals surface area (Å²) in [5.41, 5.74) is 3.07. The number of carbonyl (C=O) groups is 2. The minimum Gasteiger partial charge on any atom is -0.489 e. The van der Waals surface area contributed by atoms with E-state index in [1.165, 1.54) is 0 Å². The second kappa shape index (κ2) is 12.0. The van der Waals surface area contributed by atoms with Crippen molar-refractivity contribution in [3.05, 3.63) is 70.6 Å². The Morgan fingerprint density at radius 2 is 1.89 bits per heavy atom. The van der Waals surface area contributed by atoms with Crippen molar-refractivity contribution in [3.8, 4) is 17.0 Å². The second-order valence-corrected chi connectivity index (χ2v) is 9.14. The molecule has 0 saturated heterocycles. The van der Waals surface area contributed by atoms with E-state index in [1.807, 2.05) is 58.3 Å². The van der Waals surface area contributed by atoms with Gasteiger partial charge in [0.2, 0.25) is 0 Å². The minimum atomic E-state index is -0.264. The van der Waals surface area contributed by atoms with E-state index in [1.54, 1.807) is 22.8 Å². The Morgan fingerprint density at radius 3 is 2.49 bits per heavy atom. The summed E-state index contributed by atoms with van der Waals surface area (Å²) in [7, 11) is 1.81. The van der Waals surface area contributed by atoms with Crippen LogP contribution in [0.5, 0.6) is 5.75 Å². The van der Waals surface area contributed by atoms with Gasteiger partial charge in [-0.1, -0.05) is 42.8 Å². The fourth-order valence-electron chi connectivity index (χ4n) is 3.76. The van der Waals surface area contributed by atoms with Crippen molar-refractivity contribution < 1.29 is 19.4 Å². The van der Waals surface area contributed by atoms with Crippen LogP contribution in [0.1, 0.15) is 60.2 Å². The van der Waals surface area contributed by atoms with Crippen LogP contribution < -0.4 is 10.1 Å². The van der Waals surface area contributed by atoms with Crippen LogP contribution in [0.15, 0.2) is 48.7 Å². The number of amides is 1. The summed E-state index contributed by atoms with van der Waals surface area (Å²) < 4.78 is 7.37. The van der Waals surface area contributed by atoms with Gasteiger partial charge in [-0.15, -0.1) is 0 Å². The predicted molar refractivity (Wildman–Crippen MR) is 137 cm³/mol. The molecule has 0 aliphatic carbocycles. The number of aliphatic hydroxyl groups is 1. The van der Waals surface area contributed by atoms with Crippen molar-refractivity contribution in [1.29, 1.82) is 0 Å². The molecule has 3 rings (SSSR count). The molecule has 0 spiro atoms. The molecule has 1 atom stereocenters. The highest BCUT2D eigenvalue weighted by molar-refractivity contribution is 6.32. The van der Waals surface area contributed by atoms with E-state index >= 15 is 0 Å². The third kappa shape index (κ3) is 6.93. The normalized spacial score (nSPS) is 12.0. The maximum Gasteiger partial charge on any atom is 0.251 e. The highest BCUT2D eigenvalue weighted by Gasteiger charge is 2.17. The van der Waals surface area contributed by atoms with Gasteiger partial charge in [-0.25, -0.2) is 4.98 Å². The summed E-state index contributed by atoms with van der Waals surface area (Å²) >= 11 is 6.28. The number of aryl methyl sites for hydroxylation is 1. The molecule has 0 saturated carbocycles. The molecule has 2 N–H and O–H groups in total. The van der Waals surface area contributed by atoms with Crippen molar-refractivity contribution >= 4 is 23.3 Å². The molecule has 186 valence electrons. The van der Waals surface area contributed by atoms with E-state index in [-0.39, 0.29) is 30.4 Å². The molecular weight excluding hydrogens is 466 g/mol. The Bertz CT molecular complexity index is 1170. The number of ether oxygens (including phenoxy) is 1. The molecular formula is C27H32ClN3O4. The van der Waals surface area contributed by atoms with Crippen molar-refractivity contribution in [2.75, 3.05) is 6.61 Å². The Kier molecular flexibility index (Phi) is 9.07. The molecule has 2 aromatic carbocycles. The van der Waals surface area contributed by atoms with Gasteiger partial charge in [-0.05, 0) is 50.5 Å². The maximum atomic E-state index is 12.8. The molecule has 1 aromatic heterocycles. The lowest BCUT2D eigenvalue weighted by Gasteiger charge is -2.19. The van der Waals surface area contributed by atoms with Gasteiger partial charge in [0.05, 0.1) is 16.8 Å². The van der Waals surface area contributed by atoms with Gasteiger partial charge in [-0.3, -0.25) is 9.59 Å². The van der Waals surface area contributed by atoms with Gasteiger partial charge < -0.3 is 19.7 Å².